The molecule has 2 amide bonds. The minimum absolute atomic E-state index is 0.0118. The predicted molar refractivity (Wildman–Crippen MR) is 163 cm³/mol. The first-order valence-corrected chi connectivity index (χ1v) is 13.3. The molecule has 0 aromatic heterocycles. The van der Waals surface area contributed by atoms with Crippen LogP contribution in [0, 0.1) is 0 Å². The summed E-state index contributed by atoms with van der Waals surface area (Å²) in [5.41, 5.74) is 2.81. The summed E-state index contributed by atoms with van der Waals surface area (Å²) in [4.78, 5) is 30.9. The number of hydrogen-bond donors (Lipinski definition) is 0. The highest BCUT2D eigenvalue weighted by Crippen LogP contribution is 2.34. The van der Waals surface area contributed by atoms with E-state index >= 15 is 0 Å². The molecule has 6 rings (SSSR count). The van der Waals surface area contributed by atoms with Crippen molar-refractivity contribution >= 4 is 57.4 Å². The Morgan fingerprint density at radius 1 is 0.625 bits per heavy atom. The van der Waals surface area contributed by atoms with E-state index in [0.29, 0.717) is 29.3 Å². The van der Waals surface area contributed by atoms with E-state index in [9.17, 15) is 9.59 Å². The van der Waals surface area contributed by atoms with Gasteiger partial charge in [-0.05, 0) is 65.0 Å². The molecule has 0 bridgehead atoms. The molecule has 1 aliphatic rings. The first-order chi connectivity index (χ1) is 19.6. The molecule has 0 unspecified atom stereocenters. The lowest BCUT2D eigenvalue weighted by atomic mass is 9.99. The Labute approximate surface area is 237 Å². The van der Waals surface area contributed by atoms with Gasteiger partial charge in [0.15, 0.2) is 5.11 Å². The van der Waals surface area contributed by atoms with Crippen LogP contribution in [-0.4, -0.2) is 16.9 Å². The second kappa shape index (κ2) is 11.0. The minimum Gasteiger partial charge on any atom is -0.488 e. The van der Waals surface area contributed by atoms with Gasteiger partial charge in [-0.25, -0.2) is 0 Å². The SMILES string of the molecule is O=C1C(=Cc2c(OCc3ccccc3)ccc3ccccc23)C(=O)N(c2ccccc2)C(=S)N1c1ccccc1. The zero-order chi connectivity index (χ0) is 27.5. The Morgan fingerprint density at radius 2 is 1.15 bits per heavy atom. The number of fused-ring (bicyclic) bond motifs is 1. The smallest absolute Gasteiger partial charge is 0.270 e. The number of amides is 2. The predicted octanol–water partition coefficient (Wildman–Crippen LogP) is 7.17. The molecule has 1 saturated heterocycles. The van der Waals surface area contributed by atoms with Crippen LogP contribution in [0.2, 0.25) is 0 Å². The average Bonchev–Trinajstić information content (AvgIpc) is 3.00. The van der Waals surface area contributed by atoms with E-state index in [2.05, 4.69) is 0 Å². The summed E-state index contributed by atoms with van der Waals surface area (Å²) in [7, 11) is 0. The van der Waals surface area contributed by atoms with Crippen LogP contribution >= 0.6 is 12.2 Å². The molecule has 1 heterocycles. The van der Waals surface area contributed by atoms with Gasteiger partial charge in [0.2, 0.25) is 0 Å². The fourth-order valence-corrected chi connectivity index (χ4v) is 5.15. The van der Waals surface area contributed by atoms with Crippen molar-refractivity contribution in [3.05, 3.63) is 144 Å². The van der Waals surface area contributed by atoms with Crippen LogP contribution in [0.4, 0.5) is 11.4 Å². The van der Waals surface area contributed by atoms with E-state index in [0.717, 1.165) is 16.3 Å². The van der Waals surface area contributed by atoms with Crippen LogP contribution in [0.15, 0.2) is 133 Å². The number of benzene rings is 5. The molecule has 0 aliphatic carbocycles. The van der Waals surface area contributed by atoms with Crippen molar-refractivity contribution in [2.24, 2.45) is 0 Å². The molecule has 0 spiro atoms. The van der Waals surface area contributed by atoms with Crippen molar-refractivity contribution in [2.75, 3.05) is 9.80 Å². The maximum absolute atomic E-state index is 14.0. The third-order valence-corrected chi connectivity index (χ3v) is 7.10. The summed E-state index contributed by atoms with van der Waals surface area (Å²) in [6.07, 6.45) is 1.64. The quantitative estimate of drug-likeness (QED) is 0.130. The number of carbonyl (C=O) groups is 2. The van der Waals surface area contributed by atoms with Gasteiger partial charge in [-0.1, -0.05) is 97.1 Å². The number of ether oxygens (including phenoxy) is 1. The normalized spacial score (nSPS) is 13.6. The zero-order valence-electron chi connectivity index (χ0n) is 21.4. The lowest BCUT2D eigenvalue weighted by Gasteiger charge is -2.36. The van der Waals surface area contributed by atoms with E-state index in [4.69, 9.17) is 17.0 Å². The largest absolute Gasteiger partial charge is 0.488 e. The average molecular weight is 541 g/mol. The molecule has 1 fully saturated rings. The second-order valence-electron chi connectivity index (χ2n) is 9.27. The number of para-hydroxylation sites is 2. The number of hydrogen-bond acceptors (Lipinski definition) is 4. The third-order valence-electron chi connectivity index (χ3n) is 6.73. The lowest BCUT2D eigenvalue weighted by molar-refractivity contribution is -0.120. The summed E-state index contributed by atoms with van der Waals surface area (Å²) in [6, 6.07) is 39.8. The molecule has 1 aliphatic heterocycles. The van der Waals surface area contributed by atoms with Crippen molar-refractivity contribution in [2.45, 2.75) is 6.61 Å². The van der Waals surface area contributed by atoms with Crippen molar-refractivity contribution < 1.29 is 14.3 Å². The Bertz CT molecular complexity index is 1690. The van der Waals surface area contributed by atoms with E-state index in [1.54, 1.807) is 30.3 Å². The number of thiocarbonyl (C=S) groups is 1. The Hall–Kier alpha value is -5.07. The fraction of sp³-hybridized carbons (Fsp3) is 0.0294. The molecule has 0 saturated carbocycles. The van der Waals surface area contributed by atoms with Crippen LogP contribution in [0.25, 0.3) is 16.8 Å². The number of carbonyl (C=O) groups excluding carboxylic acids is 2. The monoisotopic (exact) mass is 540 g/mol. The van der Waals surface area contributed by atoms with Crippen molar-refractivity contribution in [1.29, 1.82) is 0 Å². The number of rotatable bonds is 6. The molecule has 6 heteroatoms. The Kier molecular flexibility index (Phi) is 6.91. The van der Waals surface area contributed by atoms with E-state index in [-0.39, 0.29) is 10.7 Å². The van der Waals surface area contributed by atoms with Crippen LogP contribution < -0.4 is 14.5 Å². The van der Waals surface area contributed by atoms with Gasteiger partial charge in [-0.3, -0.25) is 19.4 Å². The first kappa shape index (κ1) is 25.2. The molecule has 5 aromatic carbocycles. The summed E-state index contributed by atoms with van der Waals surface area (Å²) in [6.45, 7) is 0.341. The molecule has 5 aromatic rings. The molecule has 0 radical (unpaired) electrons. The number of nitrogens with zero attached hydrogens (tertiary/aromatic N) is 2. The summed E-state index contributed by atoms with van der Waals surface area (Å²) in [5, 5.41) is 1.93. The molecule has 5 nitrogen and oxygen atoms in total. The van der Waals surface area contributed by atoms with Gasteiger partial charge in [0, 0.05) is 5.56 Å². The third kappa shape index (κ3) is 4.77. The van der Waals surface area contributed by atoms with Crippen molar-refractivity contribution in [3.63, 3.8) is 0 Å². The highest BCUT2D eigenvalue weighted by molar-refractivity contribution is 7.81. The lowest BCUT2D eigenvalue weighted by Crippen LogP contribution is -2.56. The van der Waals surface area contributed by atoms with E-state index in [1.165, 1.54) is 9.80 Å². The van der Waals surface area contributed by atoms with Gasteiger partial charge in [-0.15, -0.1) is 0 Å². The van der Waals surface area contributed by atoms with E-state index < -0.39 is 11.8 Å². The van der Waals surface area contributed by atoms with E-state index in [1.807, 2.05) is 103 Å². The summed E-state index contributed by atoms with van der Waals surface area (Å²) in [5.74, 6) is -0.410. The van der Waals surface area contributed by atoms with Gasteiger partial charge in [-0.2, -0.15) is 0 Å². The Morgan fingerprint density at radius 3 is 1.75 bits per heavy atom. The number of anilines is 2. The first-order valence-electron chi connectivity index (χ1n) is 12.8. The molecule has 0 N–H and O–H groups in total. The summed E-state index contributed by atoms with van der Waals surface area (Å²) >= 11 is 5.74. The van der Waals surface area contributed by atoms with Gasteiger partial charge in [0.05, 0.1) is 11.4 Å². The van der Waals surface area contributed by atoms with Gasteiger partial charge in [0.25, 0.3) is 11.8 Å². The maximum Gasteiger partial charge on any atom is 0.270 e. The fourth-order valence-electron chi connectivity index (χ4n) is 4.77. The Balaban J connectivity index is 1.51. The van der Waals surface area contributed by atoms with Gasteiger partial charge >= 0.3 is 0 Å². The van der Waals surface area contributed by atoms with Crippen LogP contribution in [-0.2, 0) is 16.2 Å². The van der Waals surface area contributed by atoms with Crippen molar-refractivity contribution in [3.8, 4) is 5.75 Å². The minimum atomic E-state index is -0.490. The molecule has 40 heavy (non-hydrogen) atoms. The summed E-state index contributed by atoms with van der Waals surface area (Å²) < 4.78 is 6.27. The highest BCUT2D eigenvalue weighted by Gasteiger charge is 2.41. The molecule has 0 atom stereocenters. The second-order valence-corrected chi connectivity index (χ2v) is 9.63. The van der Waals surface area contributed by atoms with Crippen molar-refractivity contribution in [1.82, 2.24) is 0 Å². The molecular formula is C34H24N2O3S. The zero-order valence-corrected chi connectivity index (χ0v) is 22.3. The van der Waals surface area contributed by atoms with Crippen LogP contribution in [0.5, 0.6) is 5.75 Å². The topological polar surface area (TPSA) is 49.9 Å². The van der Waals surface area contributed by atoms with Crippen LogP contribution in [0.3, 0.4) is 0 Å². The highest BCUT2D eigenvalue weighted by atomic mass is 32.1. The van der Waals surface area contributed by atoms with Crippen LogP contribution in [0.1, 0.15) is 11.1 Å². The van der Waals surface area contributed by atoms with Gasteiger partial charge < -0.3 is 4.74 Å². The van der Waals surface area contributed by atoms with Gasteiger partial charge in [0.1, 0.15) is 17.9 Å². The standard InChI is InChI=1S/C34H24N2O3S/c37-32-30(33(38)36(27-17-8-3-9-18-27)34(40)35(32)26-15-6-2-7-16-26)22-29-28-19-11-10-14-25(28)20-21-31(29)39-23-24-12-4-1-5-13-24/h1-22H,23H2. The maximum atomic E-state index is 14.0. The molecule has 194 valence electrons. The molecular weight excluding hydrogens is 516 g/mol.